The summed E-state index contributed by atoms with van der Waals surface area (Å²) in [5.74, 6) is -0.287. The number of Topliss-reactive ketones (excluding diaryl/α,β-unsaturated/α-hetero) is 1. The molecule has 30 heavy (non-hydrogen) atoms. The van der Waals surface area contributed by atoms with Crippen LogP contribution < -0.4 is 9.47 Å². The second-order valence-electron chi connectivity index (χ2n) is 6.00. The molecule has 7 nitrogen and oxygen atoms in total. The van der Waals surface area contributed by atoms with E-state index in [0.29, 0.717) is 28.0 Å². The third-order valence-corrected chi connectivity index (χ3v) is 6.59. The molecule has 1 aliphatic heterocycles. The van der Waals surface area contributed by atoms with E-state index in [-0.39, 0.29) is 24.0 Å². The topological polar surface area (TPSA) is 98.6 Å². The van der Waals surface area contributed by atoms with Gasteiger partial charge < -0.3 is 14.2 Å². The third-order valence-electron chi connectivity index (χ3n) is 3.95. The summed E-state index contributed by atoms with van der Waals surface area (Å²) in [4.78, 5) is 29.2. The molecule has 2 heterocycles. The van der Waals surface area contributed by atoms with Gasteiger partial charge in [0.2, 0.25) is 0 Å². The predicted octanol–water partition coefficient (Wildman–Crippen LogP) is 4.51. The van der Waals surface area contributed by atoms with Gasteiger partial charge in [0.1, 0.15) is 10.9 Å². The fraction of sp³-hybridized carbons (Fsp3) is 0.300. The van der Waals surface area contributed by atoms with Gasteiger partial charge in [-0.25, -0.2) is 9.78 Å². The fourth-order valence-electron chi connectivity index (χ4n) is 2.75. The normalized spacial score (nSPS) is 17.4. The highest BCUT2D eigenvalue weighted by Gasteiger charge is 2.38. The first-order valence-corrected chi connectivity index (χ1v) is 11.9. The van der Waals surface area contributed by atoms with Crippen LogP contribution in [0.3, 0.4) is 0 Å². The molecule has 1 saturated heterocycles. The highest BCUT2D eigenvalue weighted by Crippen LogP contribution is 2.42. The molecule has 1 fully saturated rings. The van der Waals surface area contributed by atoms with Crippen LogP contribution in [0.15, 0.2) is 28.6 Å². The minimum Gasteiger partial charge on any atom is -0.490 e. The van der Waals surface area contributed by atoms with Crippen molar-refractivity contribution in [3.8, 4) is 11.5 Å². The first-order chi connectivity index (χ1) is 14.4. The van der Waals surface area contributed by atoms with Crippen LogP contribution in [-0.2, 0) is 14.3 Å². The number of nitrogens with zero attached hydrogens (tertiary/aromatic N) is 1. The molecule has 0 saturated carbocycles. The van der Waals surface area contributed by atoms with E-state index in [0.717, 1.165) is 20.9 Å². The van der Waals surface area contributed by atoms with Gasteiger partial charge in [0.05, 0.1) is 26.7 Å². The molecular formula is C20H19IN2O5S2. The van der Waals surface area contributed by atoms with E-state index in [9.17, 15) is 9.59 Å². The average molecular weight is 558 g/mol. The van der Waals surface area contributed by atoms with Crippen LogP contribution >= 0.6 is 45.7 Å². The molecular weight excluding hydrogens is 539 g/mol. The average Bonchev–Trinajstić information content (AvgIpc) is 3.30. The second-order valence-corrected chi connectivity index (χ2v) is 9.17. The molecule has 0 bridgehead atoms. The van der Waals surface area contributed by atoms with Gasteiger partial charge in [-0.3, -0.25) is 10.2 Å². The molecule has 0 radical (unpaired) electrons. The van der Waals surface area contributed by atoms with E-state index in [1.807, 2.05) is 13.0 Å². The van der Waals surface area contributed by atoms with E-state index in [1.165, 1.54) is 11.3 Å². The Balaban J connectivity index is 1.86. The number of esters is 1. The van der Waals surface area contributed by atoms with Crippen LogP contribution in [0.5, 0.6) is 11.5 Å². The molecule has 1 aliphatic rings. The molecule has 1 N–H and O–H groups in total. The maximum atomic E-state index is 12.8. The smallest absolute Gasteiger partial charge is 0.344 e. The summed E-state index contributed by atoms with van der Waals surface area (Å²) < 4.78 is 16.9. The Morgan fingerprint density at radius 3 is 2.77 bits per heavy atom. The van der Waals surface area contributed by atoms with Crippen LogP contribution in [0.4, 0.5) is 0 Å². The number of carbonyl (C=O) groups excluding carboxylic acids is 2. The third kappa shape index (κ3) is 5.22. The number of benzene rings is 1. The number of carbonyl (C=O) groups is 2. The van der Waals surface area contributed by atoms with Gasteiger partial charge >= 0.3 is 5.97 Å². The number of allylic oxidation sites excluding steroid dienone is 1. The minimum absolute atomic E-state index is 0.129. The highest BCUT2D eigenvalue weighted by atomic mass is 127. The summed E-state index contributed by atoms with van der Waals surface area (Å²) in [5, 5.41) is 10.9. The van der Waals surface area contributed by atoms with Crippen LogP contribution in [0, 0.1) is 8.98 Å². The molecule has 0 amide bonds. The lowest BCUT2D eigenvalue weighted by Crippen LogP contribution is -2.15. The van der Waals surface area contributed by atoms with E-state index >= 15 is 0 Å². The SMILES string of the molecule is CCOC(=O)COc1c(I)cc(/C=C2\SC(=N)[C@@H](c3nccs3)C2=O)cc1OCC. The molecule has 0 aliphatic carbocycles. The summed E-state index contributed by atoms with van der Waals surface area (Å²) in [6.45, 7) is 4.06. The Morgan fingerprint density at radius 2 is 2.10 bits per heavy atom. The quantitative estimate of drug-likeness (QED) is 0.289. The first-order valence-electron chi connectivity index (χ1n) is 9.10. The van der Waals surface area contributed by atoms with Crippen LogP contribution in [-0.4, -0.2) is 41.6 Å². The summed E-state index contributed by atoms with van der Waals surface area (Å²) in [6.07, 6.45) is 3.38. The van der Waals surface area contributed by atoms with Gasteiger partial charge in [-0.15, -0.1) is 11.3 Å². The highest BCUT2D eigenvalue weighted by molar-refractivity contribution is 14.1. The van der Waals surface area contributed by atoms with E-state index in [1.54, 1.807) is 30.6 Å². The van der Waals surface area contributed by atoms with Gasteiger partial charge in [-0.2, -0.15) is 0 Å². The summed E-state index contributed by atoms with van der Waals surface area (Å²) in [6, 6.07) is 3.60. The number of thiazole rings is 1. The van der Waals surface area contributed by atoms with Crippen molar-refractivity contribution in [1.29, 1.82) is 5.41 Å². The molecule has 1 aromatic carbocycles. The molecule has 158 valence electrons. The Hall–Kier alpha value is -1.92. The van der Waals surface area contributed by atoms with Gasteiger partial charge in [0.25, 0.3) is 0 Å². The number of ketones is 1. The lowest BCUT2D eigenvalue weighted by Gasteiger charge is -2.14. The van der Waals surface area contributed by atoms with Crippen molar-refractivity contribution in [2.24, 2.45) is 0 Å². The number of ether oxygens (including phenoxy) is 3. The number of aromatic nitrogens is 1. The molecule has 1 aromatic heterocycles. The van der Waals surface area contributed by atoms with Gasteiger partial charge in [0.15, 0.2) is 23.9 Å². The number of rotatable bonds is 8. The van der Waals surface area contributed by atoms with Crippen molar-refractivity contribution in [2.75, 3.05) is 19.8 Å². The summed E-state index contributed by atoms with van der Waals surface area (Å²) in [7, 11) is 0. The second kappa shape index (κ2) is 10.4. The van der Waals surface area contributed by atoms with Gasteiger partial charge in [-0.1, -0.05) is 11.8 Å². The lowest BCUT2D eigenvalue weighted by atomic mass is 10.0. The predicted molar refractivity (Wildman–Crippen MR) is 126 cm³/mol. The maximum Gasteiger partial charge on any atom is 0.344 e. The first kappa shape index (κ1) is 22.8. The van der Waals surface area contributed by atoms with Crippen LogP contribution in [0.1, 0.15) is 30.3 Å². The van der Waals surface area contributed by atoms with Crippen molar-refractivity contribution in [3.63, 3.8) is 0 Å². The number of hydrogen-bond donors (Lipinski definition) is 1. The van der Waals surface area contributed by atoms with Gasteiger partial charge in [0, 0.05) is 11.6 Å². The Morgan fingerprint density at radius 1 is 1.30 bits per heavy atom. The van der Waals surface area contributed by atoms with Crippen molar-refractivity contribution >= 4 is 68.6 Å². The molecule has 3 rings (SSSR count). The van der Waals surface area contributed by atoms with E-state index in [4.69, 9.17) is 19.6 Å². The van der Waals surface area contributed by atoms with Crippen molar-refractivity contribution in [1.82, 2.24) is 4.98 Å². The molecule has 1 atom stereocenters. The molecule has 10 heteroatoms. The Labute approximate surface area is 195 Å². The number of hydrogen-bond acceptors (Lipinski definition) is 9. The number of thioether (sulfide) groups is 1. The zero-order chi connectivity index (χ0) is 21.7. The zero-order valence-corrected chi connectivity index (χ0v) is 20.1. The number of nitrogens with one attached hydrogen (secondary N) is 1. The number of halogens is 1. The maximum absolute atomic E-state index is 12.8. The van der Waals surface area contributed by atoms with Crippen LogP contribution in [0.25, 0.3) is 6.08 Å². The molecule has 2 aromatic rings. The zero-order valence-electron chi connectivity index (χ0n) is 16.3. The monoisotopic (exact) mass is 558 g/mol. The molecule has 0 spiro atoms. The van der Waals surface area contributed by atoms with Crippen molar-refractivity contribution in [3.05, 3.63) is 42.8 Å². The minimum atomic E-state index is -0.626. The summed E-state index contributed by atoms with van der Waals surface area (Å²) in [5.41, 5.74) is 0.745. The van der Waals surface area contributed by atoms with Gasteiger partial charge in [-0.05, 0) is 60.2 Å². The van der Waals surface area contributed by atoms with Crippen molar-refractivity contribution < 1.29 is 23.8 Å². The van der Waals surface area contributed by atoms with Crippen molar-refractivity contribution in [2.45, 2.75) is 19.8 Å². The Bertz CT molecular complexity index is 991. The summed E-state index contributed by atoms with van der Waals surface area (Å²) >= 11 is 4.62. The van der Waals surface area contributed by atoms with Crippen LogP contribution in [0.2, 0.25) is 0 Å². The standard InChI is InChI=1S/C20H19IN2O5S2/c1-3-26-13-8-11(7-12(21)18(13)28-10-15(24)27-4-2)9-14-17(25)16(19(22)30-14)20-23-5-6-29-20/h5-9,16,22H,3-4,10H2,1-2H3/b14-9-,22-19?/t16-/m0/s1. The lowest BCUT2D eigenvalue weighted by molar-refractivity contribution is -0.145. The Kier molecular flexibility index (Phi) is 7.89. The van der Waals surface area contributed by atoms with E-state index in [2.05, 4.69) is 27.6 Å². The molecule has 0 unspecified atom stereocenters. The largest absolute Gasteiger partial charge is 0.490 e. The fourth-order valence-corrected chi connectivity index (χ4v) is 5.34. The van der Waals surface area contributed by atoms with E-state index < -0.39 is 11.9 Å².